The van der Waals surface area contributed by atoms with Crippen molar-refractivity contribution in [1.29, 1.82) is 0 Å². The molecule has 1 atom stereocenters. The Balaban J connectivity index is 1.96. The van der Waals surface area contributed by atoms with Gasteiger partial charge in [0.1, 0.15) is 10.7 Å². The van der Waals surface area contributed by atoms with Gasteiger partial charge < -0.3 is 14.9 Å². The molecule has 12 heteroatoms. The van der Waals surface area contributed by atoms with Crippen molar-refractivity contribution in [3.05, 3.63) is 34.6 Å². The fraction of sp³-hybridized carbons (Fsp3) is 0.571. The van der Waals surface area contributed by atoms with Crippen molar-refractivity contribution >= 4 is 32.0 Å². The number of halogens is 4. The molecule has 0 saturated carbocycles. The first-order valence-electron chi connectivity index (χ1n) is 10.3. The van der Waals surface area contributed by atoms with Crippen molar-refractivity contribution in [2.24, 2.45) is 5.92 Å². The van der Waals surface area contributed by atoms with Crippen LogP contribution in [0.4, 0.5) is 28.4 Å². The monoisotopic (exact) mass is 509 g/mol. The first-order valence-corrected chi connectivity index (χ1v) is 13.0. The number of nitrogens with zero attached hydrogens (tertiary/aromatic N) is 3. The molecule has 1 saturated heterocycles. The molecule has 1 aromatic carbocycles. The Hall–Kier alpha value is -1.92. The summed E-state index contributed by atoms with van der Waals surface area (Å²) in [6.07, 6.45) is -3.76. The summed E-state index contributed by atoms with van der Waals surface area (Å²) in [4.78, 5) is 6.93. The van der Waals surface area contributed by atoms with Crippen molar-refractivity contribution < 1.29 is 31.1 Å². The van der Waals surface area contributed by atoms with Crippen LogP contribution in [0.2, 0.25) is 0 Å². The van der Waals surface area contributed by atoms with E-state index in [4.69, 9.17) is 0 Å². The maximum Gasteiger partial charge on any atom is 0.434 e. The number of sulfone groups is 1. The molecule has 1 N–H and O–H groups in total. The highest BCUT2D eigenvalue weighted by Crippen LogP contribution is 2.43. The quantitative estimate of drug-likeness (QED) is 0.607. The third kappa shape index (κ3) is 5.43. The number of benzene rings is 1. The summed E-state index contributed by atoms with van der Waals surface area (Å²) in [7, 11) is -3.76. The summed E-state index contributed by atoms with van der Waals surface area (Å²) in [6.45, 7) is 7.54. The minimum absolute atomic E-state index is 0.0199. The summed E-state index contributed by atoms with van der Waals surface area (Å²) < 4.78 is 78.6. The molecule has 1 aliphatic heterocycles. The Labute approximate surface area is 194 Å². The fourth-order valence-corrected chi connectivity index (χ4v) is 5.79. The zero-order valence-corrected chi connectivity index (χ0v) is 20.6. The molecular weight excluding hydrogens is 482 g/mol. The summed E-state index contributed by atoms with van der Waals surface area (Å²) in [5.41, 5.74) is -2.27. The first kappa shape index (κ1) is 25.7. The van der Waals surface area contributed by atoms with Gasteiger partial charge in [0.15, 0.2) is 20.7 Å². The SMILES string of the molecule is CC(C)C1CN(c2ccc(F)c(S(C)(=O)=O)c2)CCN1c1nc(C(F)(F)F)c(C(C)(C)O)s1. The highest BCUT2D eigenvalue weighted by molar-refractivity contribution is 7.90. The zero-order valence-electron chi connectivity index (χ0n) is 18.9. The van der Waals surface area contributed by atoms with Crippen LogP contribution in [0.3, 0.4) is 0 Å². The predicted octanol–water partition coefficient (Wildman–Crippen LogP) is 4.28. The molecule has 184 valence electrons. The molecule has 3 rings (SSSR count). The number of piperazine rings is 1. The number of alkyl halides is 3. The van der Waals surface area contributed by atoms with Gasteiger partial charge in [0.25, 0.3) is 0 Å². The van der Waals surface area contributed by atoms with Crippen LogP contribution >= 0.6 is 11.3 Å². The van der Waals surface area contributed by atoms with E-state index in [1.54, 1.807) is 4.90 Å². The normalized spacial score (nSPS) is 18.3. The van der Waals surface area contributed by atoms with Gasteiger partial charge >= 0.3 is 6.18 Å². The molecule has 2 aromatic rings. The largest absolute Gasteiger partial charge is 0.434 e. The van der Waals surface area contributed by atoms with E-state index in [-0.39, 0.29) is 22.0 Å². The van der Waals surface area contributed by atoms with Gasteiger partial charge in [-0.2, -0.15) is 13.2 Å². The van der Waals surface area contributed by atoms with Gasteiger partial charge in [0.05, 0.1) is 16.5 Å². The van der Waals surface area contributed by atoms with E-state index >= 15 is 0 Å². The highest BCUT2D eigenvalue weighted by atomic mass is 32.2. The second kappa shape index (κ2) is 8.70. The van der Waals surface area contributed by atoms with E-state index in [0.717, 1.165) is 23.7 Å². The van der Waals surface area contributed by atoms with E-state index in [1.165, 1.54) is 26.0 Å². The van der Waals surface area contributed by atoms with E-state index in [1.807, 2.05) is 18.7 Å². The molecule has 33 heavy (non-hydrogen) atoms. The Morgan fingerprint density at radius 3 is 2.33 bits per heavy atom. The molecule has 1 aromatic heterocycles. The van der Waals surface area contributed by atoms with Gasteiger partial charge in [-0.3, -0.25) is 0 Å². The van der Waals surface area contributed by atoms with Crippen LogP contribution in [0.5, 0.6) is 0 Å². The van der Waals surface area contributed by atoms with Gasteiger partial charge in [-0.05, 0) is 38.0 Å². The van der Waals surface area contributed by atoms with Crippen molar-refractivity contribution in [2.45, 2.75) is 50.4 Å². The lowest BCUT2D eigenvalue weighted by Crippen LogP contribution is -2.55. The molecule has 1 aliphatic rings. The molecule has 2 heterocycles. The van der Waals surface area contributed by atoms with Crippen molar-refractivity contribution in [3.8, 4) is 0 Å². The number of hydrogen-bond acceptors (Lipinski definition) is 7. The Kier molecular flexibility index (Phi) is 6.77. The van der Waals surface area contributed by atoms with Crippen LogP contribution in [0.15, 0.2) is 23.1 Å². The van der Waals surface area contributed by atoms with Crippen molar-refractivity contribution in [2.75, 3.05) is 35.7 Å². The standard InChI is InChI=1S/C21H27F4N3O3S2/c1-12(2)15-11-27(13-6-7-14(22)16(10-13)33(5,30)31)8-9-28(15)19-26-17(21(23,24)25)18(32-19)20(3,4)29/h6-7,10,12,15,29H,8-9,11H2,1-5H3. The van der Waals surface area contributed by atoms with Crippen LogP contribution in [-0.4, -0.2) is 50.4 Å². The first-order chi connectivity index (χ1) is 15.0. The second-order valence-corrected chi connectivity index (χ2v) is 12.0. The Bertz CT molecular complexity index is 1090. The van der Waals surface area contributed by atoms with Crippen LogP contribution in [0.1, 0.15) is 38.3 Å². The summed E-state index contributed by atoms with van der Waals surface area (Å²) in [6, 6.07) is 3.64. The third-order valence-corrected chi connectivity index (χ3v) is 8.07. The lowest BCUT2D eigenvalue weighted by atomic mass is 9.99. The van der Waals surface area contributed by atoms with Crippen molar-refractivity contribution in [3.63, 3.8) is 0 Å². The average Bonchev–Trinajstić information content (AvgIpc) is 3.13. The predicted molar refractivity (Wildman–Crippen MR) is 120 cm³/mol. The molecule has 1 unspecified atom stereocenters. The lowest BCUT2D eigenvalue weighted by molar-refractivity contribution is -0.143. The molecule has 0 amide bonds. The molecule has 0 aliphatic carbocycles. The van der Waals surface area contributed by atoms with Gasteiger partial charge in [-0.25, -0.2) is 17.8 Å². The van der Waals surface area contributed by atoms with Gasteiger partial charge in [0.2, 0.25) is 0 Å². The number of aromatic nitrogens is 1. The highest BCUT2D eigenvalue weighted by Gasteiger charge is 2.43. The summed E-state index contributed by atoms with van der Waals surface area (Å²) in [5, 5.41) is 10.5. The van der Waals surface area contributed by atoms with Crippen LogP contribution < -0.4 is 9.80 Å². The maximum absolute atomic E-state index is 14.0. The third-order valence-electron chi connectivity index (χ3n) is 5.55. The summed E-state index contributed by atoms with van der Waals surface area (Å²) >= 11 is 0.823. The fourth-order valence-electron chi connectivity index (χ4n) is 3.86. The number of anilines is 2. The minimum Gasteiger partial charge on any atom is -0.385 e. The van der Waals surface area contributed by atoms with E-state index in [0.29, 0.717) is 25.3 Å². The Morgan fingerprint density at radius 2 is 1.85 bits per heavy atom. The molecule has 6 nitrogen and oxygen atoms in total. The lowest BCUT2D eigenvalue weighted by Gasteiger charge is -2.44. The van der Waals surface area contributed by atoms with E-state index in [2.05, 4.69) is 4.98 Å². The van der Waals surface area contributed by atoms with Gasteiger partial charge in [-0.15, -0.1) is 0 Å². The number of rotatable bonds is 5. The maximum atomic E-state index is 14.0. The van der Waals surface area contributed by atoms with Gasteiger partial charge in [0, 0.05) is 31.6 Å². The van der Waals surface area contributed by atoms with E-state index < -0.39 is 38.0 Å². The number of thiazole rings is 1. The summed E-state index contributed by atoms with van der Waals surface area (Å²) in [5.74, 6) is -0.812. The Morgan fingerprint density at radius 1 is 1.21 bits per heavy atom. The number of aliphatic hydroxyl groups is 1. The molecular formula is C21H27F4N3O3S2. The van der Waals surface area contributed by atoms with Crippen LogP contribution in [-0.2, 0) is 21.6 Å². The molecule has 0 bridgehead atoms. The minimum atomic E-state index is -4.70. The molecule has 1 fully saturated rings. The van der Waals surface area contributed by atoms with E-state index in [9.17, 15) is 31.1 Å². The molecule has 0 spiro atoms. The topological polar surface area (TPSA) is 73.7 Å². The van der Waals surface area contributed by atoms with Crippen LogP contribution in [0, 0.1) is 11.7 Å². The second-order valence-electron chi connectivity index (χ2n) is 9.07. The number of hydrogen-bond donors (Lipinski definition) is 1. The smallest absolute Gasteiger partial charge is 0.385 e. The molecule has 0 radical (unpaired) electrons. The van der Waals surface area contributed by atoms with Gasteiger partial charge in [-0.1, -0.05) is 25.2 Å². The van der Waals surface area contributed by atoms with Crippen LogP contribution in [0.25, 0.3) is 0 Å². The average molecular weight is 510 g/mol. The zero-order chi connectivity index (χ0) is 24.9. The van der Waals surface area contributed by atoms with Crippen molar-refractivity contribution in [1.82, 2.24) is 4.98 Å².